The SMILES string of the molecule is CC[C@@H](C)NC(=O)c1cccc(CNC(=O)C2CCCC2)c1. The maximum atomic E-state index is 12.1. The van der Waals surface area contributed by atoms with Crippen LogP contribution < -0.4 is 10.6 Å². The number of benzene rings is 1. The van der Waals surface area contributed by atoms with Crippen LogP contribution in [0.5, 0.6) is 0 Å². The van der Waals surface area contributed by atoms with Gasteiger partial charge in [-0.05, 0) is 43.9 Å². The molecule has 2 amide bonds. The Morgan fingerprint density at radius 1 is 1.27 bits per heavy atom. The Morgan fingerprint density at radius 2 is 2.00 bits per heavy atom. The van der Waals surface area contributed by atoms with E-state index < -0.39 is 0 Å². The van der Waals surface area contributed by atoms with Gasteiger partial charge in [0, 0.05) is 24.1 Å². The number of carbonyl (C=O) groups excluding carboxylic acids is 2. The second-order valence-corrected chi connectivity index (χ2v) is 6.18. The minimum absolute atomic E-state index is 0.0571. The zero-order valence-corrected chi connectivity index (χ0v) is 13.5. The number of carbonyl (C=O) groups is 2. The van der Waals surface area contributed by atoms with Gasteiger partial charge in [-0.2, -0.15) is 0 Å². The molecular weight excluding hydrogens is 276 g/mol. The molecule has 1 saturated carbocycles. The van der Waals surface area contributed by atoms with Crippen LogP contribution in [0.3, 0.4) is 0 Å². The van der Waals surface area contributed by atoms with Gasteiger partial charge in [0.05, 0.1) is 0 Å². The predicted octanol–water partition coefficient (Wildman–Crippen LogP) is 3.02. The fourth-order valence-electron chi connectivity index (χ4n) is 2.75. The second kappa shape index (κ2) is 7.97. The van der Waals surface area contributed by atoms with E-state index in [4.69, 9.17) is 0 Å². The van der Waals surface area contributed by atoms with Gasteiger partial charge in [0.2, 0.25) is 5.91 Å². The smallest absolute Gasteiger partial charge is 0.251 e. The third-order valence-electron chi connectivity index (χ3n) is 4.37. The summed E-state index contributed by atoms with van der Waals surface area (Å²) in [4.78, 5) is 24.1. The van der Waals surface area contributed by atoms with Crippen molar-refractivity contribution in [1.82, 2.24) is 10.6 Å². The van der Waals surface area contributed by atoms with Crippen LogP contribution in [-0.2, 0) is 11.3 Å². The molecule has 0 bridgehead atoms. The Hall–Kier alpha value is -1.84. The summed E-state index contributed by atoms with van der Waals surface area (Å²) in [5.74, 6) is 0.266. The van der Waals surface area contributed by atoms with Gasteiger partial charge in [-0.15, -0.1) is 0 Å². The zero-order chi connectivity index (χ0) is 15.9. The van der Waals surface area contributed by atoms with E-state index in [-0.39, 0.29) is 23.8 Å². The summed E-state index contributed by atoms with van der Waals surface area (Å²) in [5.41, 5.74) is 1.61. The summed E-state index contributed by atoms with van der Waals surface area (Å²) in [6.45, 7) is 4.52. The highest BCUT2D eigenvalue weighted by molar-refractivity contribution is 5.94. The average Bonchev–Trinajstić information content (AvgIpc) is 3.07. The maximum Gasteiger partial charge on any atom is 0.251 e. The monoisotopic (exact) mass is 302 g/mol. The molecule has 2 rings (SSSR count). The molecule has 120 valence electrons. The van der Waals surface area contributed by atoms with Crippen LogP contribution >= 0.6 is 0 Å². The Labute approximate surface area is 132 Å². The zero-order valence-electron chi connectivity index (χ0n) is 13.5. The van der Waals surface area contributed by atoms with Crippen molar-refractivity contribution in [1.29, 1.82) is 0 Å². The molecule has 4 heteroatoms. The van der Waals surface area contributed by atoms with Crippen molar-refractivity contribution in [3.05, 3.63) is 35.4 Å². The molecule has 4 nitrogen and oxygen atoms in total. The first kappa shape index (κ1) is 16.5. The molecule has 1 atom stereocenters. The first-order chi connectivity index (χ1) is 10.6. The molecule has 0 spiro atoms. The molecule has 0 radical (unpaired) electrons. The summed E-state index contributed by atoms with van der Waals surface area (Å²) in [6.07, 6.45) is 5.22. The van der Waals surface area contributed by atoms with Crippen LogP contribution in [0.4, 0.5) is 0 Å². The Bertz CT molecular complexity index is 522. The summed E-state index contributed by atoms with van der Waals surface area (Å²) in [7, 11) is 0. The van der Waals surface area contributed by atoms with E-state index in [0.717, 1.165) is 37.7 Å². The first-order valence-corrected chi connectivity index (χ1v) is 8.27. The van der Waals surface area contributed by atoms with Crippen molar-refractivity contribution < 1.29 is 9.59 Å². The van der Waals surface area contributed by atoms with Crippen molar-refractivity contribution in [3.63, 3.8) is 0 Å². The number of amides is 2. The van der Waals surface area contributed by atoms with Crippen molar-refractivity contribution in [2.75, 3.05) is 0 Å². The molecule has 1 aliphatic carbocycles. The lowest BCUT2D eigenvalue weighted by Gasteiger charge is -2.13. The third kappa shape index (κ3) is 4.58. The van der Waals surface area contributed by atoms with Gasteiger partial charge in [0.1, 0.15) is 0 Å². The van der Waals surface area contributed by atoms with Crippen LogP contribution in [0.25, 0.3) is 0 Å². The highest BCUT2D eigenvalue weighted by Crippen LogP contribution is 2.24. The molecule has 1 aliphatic rings. The van der Waals surface area contributed by atoms with Crippen molar-refractivity contribution in [3.8, 4) is 0 Å². The summed E-state index contributed by atoms with van der Waals surface area (Å²) in [6, 6.07) is 7.63. The highest BCUT2D eigenvalue weighted by Gasteiger charge is 2.22. The van der Waals surface area contributed by atoms with Crippen molar-refractivity contribution >= 4 is 11.8 Å². The molecule has 0 aliphatic heterocycles. The lowest BCUT2D eigenvalue weighted by molar-refractivity contribution is -0.124. The number of rotatable bonds is 6. The summed E-state index contributed by atoms with van der Waals surface area (Å²) < 4.78 is 0. The lowest BCUT2D eigenvalue weighted by Crippen LogP contribution is -2.32. The second-order valence-electron chi connectivity index (χ2n) is 6.18. The van der Waals surface area contributed by atoms with E-state index in [1.54, 1.807) is 6.07 Å². The molecule has 1 fully saturated rings. The van der Waals surface area contributed by atoms with E-state index in [9.17, 15) is 9.59 Å². The van der Waals surface area contributed by atoms with E-state index in [1.165, 1.54) is 0 Å². The van der Waals surface area contributed by atoms with Gasteiger partial charge < -0.3 is 10.6 Å². The minimum atomic E-state index is -0.0571. The molecular formula is C18H26N2O2. The van der Waals surface area contributed by atoms with Gasteiger partial charge in [0.25, 0.3) is 5.91 Å². The molecule has 22 heavy (non-hydrogen) atoms. The number of hydrogen-bond acceptors (Lipinski definition) is 2. The molecule has 0 saturated heterocycles. The quantitative estimate of drug-likeness (QED) is 0.848. The van der Waals surface area contributed by atoms with Gasteiger partial charge in [0.15, 0.2) is 0 Å². The molecule has 0 unspecified atom stereocenters. The molecule has 1 aromatic rings. The molecule has 0 heterocycles. The summed E-state index contributed by atoms with van der Waals surface area (Å²) >= 11 is 0. The van der Waals surface area contributed by atoms with Crippen LogP contribution in [-0.4, -0.2) is 17.9 Å². The Balaban J connectivity index is 1.90. The highest BCUT2D eigenvalue weighted by atomic mass is 16.2. The van der Waals surface area contributed by atoms with Gasteiger partial charge in [-0.3, -0.25) is 9.59 Å². The van der Waals surface area contributed by atoms with Gasteiger partial charge in [-0.25, -0.2) is 0 Å². The van der Waals surface area contributed by atoms with E-state index >= 15 is 0 Å². The van der Waals surface area contributed by atoms with E-state index in [1.807, 2.05) is 32.0 Å². The van der Waals surface area contributed by atoms with Crippen molar-refractivity contribution in [2.24, 2.45) is 5.92 Å². The fraction of sp³-hybridized carbons (Fsp3) is 0.556. The van der Waals surface area contributed by atoms with E-state index in [2.05, 4.69) is 10.6 Å². The lowest BCUT2D eigenvalue weighted by atomic mass is 10.1. The van der Waals surface area contributed by atoms with Crippen LogP contribution in [0, 0.1) is 5.92 Å². The number of nitrogens with one attached hydrogen (secondary N) is 2. The van der Waals surface area contributed by atoms with Gasteiger partial charge >= 0.3 is 0 Å². The molecule has 0 aromatic heterocycles. The number of hydrogen-bond donors (Lipinski definition) is 2. The largest absolute Gasteiger partial charge is 0.352 e. The Kier molecular flexibility index (Phi) is 5.99. The normalized spacial score (nSPS) is 16.3. The van der Waals surface area contributed by atoms with Crippen molar-refractivity contribution in [2.45, 2.75) is 58.5 Å². The summed E-state index contributed by atoms with van der Waals surface area (Å²) in [5, 5.41) is 5.94. The fourth-order valence-corrected chi connectivity index (χ4v) is 2.75. The average molecular weight is 302 g/mol. The first-order valence-electron chi connectivity index (χ1n) is 8.27. The van der Waals surface area contributed by atoms with Crippen LogP contribution in [0.1, 0.15) is 61.9 Å². The molecule has 1 aromatic carbocycles. The topological polar surface area (TPSA) is 58.2 Å². The van der Waals surface area contributed by atoms with Crippen LogP contribution in [0.2, 0.25) is 0 Å². The minimum Gasteiger partial charge on any atom is -0.352 e. The predicted molar refractivity (Wildman–Crippen MR) is 87.5 cm³/mol. The Morgan fingerprint density at radius 3 is 2.68 bits per heavy atom. The van der Waals surface area contributed by atoms with Gasteiger partial charge in [-0.1, -0.05) is 31.9 Å². The third-order valence-corrected chi connectivity index (χ3v) is 4.37. The molecule has 2 N–H and O–H groups in total. The maximum absolute atomic E-state index is 12.1. The van der Waals surface area contributed by atoms with E-state index in [0.29, 0.717) is 12.1 Å². The standard InChI is InChI=1S/C18H26N2O2/c1-3-13(2)20-18(22)16-10-6-7-14(11-16)12-19-17(21)15-8-4-5-9-15/h6-7,10-11,13,15H,3-5,8-9,12H2,1-2H3,(H,19,21)(H,20,22)/t13-/m1/s1. The van der Waals surface area contributed by atoms with Crippen LogP contribution in [0.15, 0.2) is 24.3 Å².